The first-order chi connectivity index (χ1) is 14.4. The molecule has 0 aliphatic rings. The first-order valence-corrected chi connectivity index (χ1v) is 11.8. The van der Waals surface area contributed by atoms with Gasteiger partial charge in [-0.1, -0.05) is 24.3 Å². The van der Waals surface area contributed by atoms with E-state index in [1.807, 2.05) is 29.0 Å². The number of anilines is 2. The zero-order valence-electron chi connectivity index (χ0n) is 15.9. The van der Waals surface area contributed by atoms with Crippen LogP contribution >= 0.6 is 18.7 Å². The maximum absolute atomic E-state index is 12.8. The first-order valence-electron chi connectivity index (χ1n) is 9.17. The number of nitrogens with one attached hydrogen (secondary N) is 1. The van der Waals surface area contributed by atoms with E-state index in [9.17, 15) is 14.3 Å². The highest BCUT2D eigenvalue weighted by atomic mass is 32.1. The Hall–Kier alpha value is -3.18. The largest absolute Gasteiger partial charge is 0.397 e. The van der Waals surface area contributed by atoms with Crippen molar-refractivity contribution in [2.24, 2.45) is 0 Å². The lowest BCUT2D eigenvalue weighted by Crippen LogP contribution is -2.17. The van der Waals surface area contributed by atoms with Gasteiger partial charge in [-0.15, -0.1) is 0 Å². The Bertz CT molecular complexity index is 1220. The second-order valence-corrected chi connectivity index (χ2v) is 9.69. The molecule has 4 N–H and O–H groups in total. The molecular formula is C23H19N2O3PS. The second kappa shape index (κ2) is 8.28. The first kappa shape index (κ1) is 20.1. The lowest BCUT2D eigenvalue weighted by atomic mass is 10.1. The number of hydrogen-bond acceptors (Lipinski definition) is 4. The van der Waals surface area contributed by atoms with Crippen molar-refractivity contribution in [3.8, 4) is 11.1 Å². The lowest BCUT2D eigenvalue weighted by Gasteiger charge is -2.13. The molecule has 5 nitrogen and oxygen atoms in total. The molecule has 0 spiro atoms. The van der Waals surface area contributed by atoms with Crippen molar-refractivity contribution in [2.75, 3.05) is 11.1 Å². The minimum Gasteiger partial charge on any atom is -0.397 e. The van der Waals surface area contributed by atoms with Crippen LogP contribution in [0.5, 0.6) is 0 Å². The van der Waals surface area contributed by atoms with Gasteiger partial charge in [-0.05, 0) is 76.5 Å². The fourth-order valence-electron chi connectivity index (χ4n) is 3.06. The molecule has 0 fully saturated rings. The molecule has 1 unspecified atom stereocenters. The molecule has 1 aromatic heterocycles. The van der Waals surface area contributed by atoms with Crippen molar-refractivity contribution in [3.05, 3.63) is 95.2 Å². The van der Waals surface area contributed by atoms with E-state index in [0.717, 1.165) is 11.1 Å². The van der Waals surface area contributed by atoms with Crippen molar-refractivity contribution in [2.45, 2.75) is 0 Å². The molecule has 0 aliphatic heterocycles. The molecule has 4 aromatic rings. The van der Waals surface area contributed by atoms with Gasteiger partial charge in [0, 0.05) is 16.2 Å². The van der Waals surface area contributed by atoms with Crippen molar-refractivity contribution in [3.63, 3.8) is 0 Å². The molecule has 30 heavy (non-hydrogen) atoms. The highest BCUT2D eigenvalue weighted by Gasteiger charge is 2.24. The number of nitrogens with two attached hydrogens (primary N) is 1. The van der Waals surface area contributed by atoms with Crippen LogP contribution in [0.25, 0.3) is 11.1 Å². The third-order valence-electron chi connectivity index (χ3n) is 4.74. The van der Waals surface area contributed by atoms with Gasteiger partial charge in [0.05, 0.1) is 11.4 Å². The van der Waals surface area contributed by atoms with E-state index in [4.69, 9.17) is 5.73 Å². The zero-order valence-corrected chi connectivity index (χ0v) is 17.6. The Kier molecular flexibility index (Phi) is 5.55. The predicted octanol–water partition coefficient (Wildman–Crippen LogP) is 4.47. The van der Waals surface area contributed by atoms with E-state index < -0.39 is 7.37 Å². The van der Waals surface area contributed by atoms with Gasteiger partial charge in [0.25, 0.3) is 13.3 Å². The van der Waals surface area contributed by atoms with Crippen LogP contribution in [0.2, 0.25) is 0 Å². The van der Waals surface area contributed by atoms with Gasteiger partial charge in [0.1, 0.15) is 0 Å². The fourth-order valence-corrected chi connectivity index (χ4v) is 5.15. The minimum absolute atomic E-state index is 0.268. The van der Waals surface area contributed by atoms with E-state index in [2.05, 4.69) is 5.32 Å². The third-order valence-corrected chi connectivity index (χ3v) is 7.42. The summed E-state index contributed by atoms with van der Waals surface area (Å²) in [5.41, 5.74) is 9.39. The molecule has 1 atom stereocenters. The van der Waals surface area contributed by atoms with Gasteiger partial charge < -0.3 is 15.9 Å². The molecule has 0 saturated heterocycles. The number of nitrogen functional groups attached to an aromatic ring is 1. The minimum atomic E-state index is -3.71. The number of amides is 1. The summed E-state index contributed by atoms with van der Waals surface area (Å²) >= 11 is 1.59. The maximum atomic E-state index is 12.8. The van der Waals surface area contributed by atoms with E-state index in [1.54, 1.807) is 47.7 Å². The standard InChI is InChI=1S/C23H19N2O3PS/c24-21-11-8-17(18-12-13-30-15-18)14-22(21)25-23(26)16-6-9-20(10-7-16)29(27,28)19-4-2-1-3-5-19/h1-15H,24H2,(H,25,26)(H,27,28). The summed E-state index contributed by atoms with van der Waals surface area (Å²) in [5, 5.41) is 7.45. The molecule has 4 rings (SSSR count). The second-order valence-electron chi connectivity index (χ2n) is 6.73. The number of benzene rings is 3. The normalized spacial score (nSPS) is 12.8. The molecule has 1 amide bonds. The molecule has 0 aliphatic carbocycles. The quantitative estimate of drug-likeness (QED) is 0.319. The number of hydrogen-bond donors (Lipinski definition) is 3. The summed E-state index contributed by atoms with van der Waals surface area (Å²) in [5.74, 6) is -0.344. The highest BCUT2D eigenvalue weighted by molar-refractivity contribution is 7.73. The van der Waals surface area contributed by atoms with Crippen LogP contribution in [-0.2, 0) is 4.57 Å². The summed E-state index contributed by atoms with van der Waals surface area (Å²) in [6, 6.07) is 22.0. The Balaban J connectivity index is 1.55. The summed E-state index contributed by atoms with van der Waals surface area (Å²) in [6.07, 6.45) is 0. The Morgan fingerprint density at radius 2 is 1.60 bits per heavy atom. The van der Waals surface area contributed by atoms with E-state index in [-0.39, 0.29) is 11.2 Å². The van der Waals surface area contributed by atoms with Gasteiger partial charge >= 0.3 is 0 Å². The zero-order chi connectivity index (χ0) is 21.1. The van der Waals surface area contributed by atoms with Crippen LogP contribution in [0, 0.1) is 0 Å². The van der Waals surface area contributed by atoms with Crippen molar-refractivity contribution in [1.82, 2.24) is 0 Å². The summed E-state index contributed by atoms with van der Waals surface area (Å²) in [6.45, 7) is 0. The molecule has 1 heterocycles. The van der Waals surface area contributed by atoms with Crippen molar-refractivity contribution >= 4 is 46.6 Å². The van der Waals surface area contributed by atoms with Gasteiger partial charge in [0.2, 0.25) is 0 Å². The fraction of sp³-hybridized carbons (Fsp3) is 0. The molecular weight excluding hydrogens is 415 g/mol. The van der Waals surface area contributed by atoms with Gasteiger partial charge in [-0.3, -0.25) is 9.36 Å². The predicted molar refractivity (Wildman–Crippen MR) is 124 cm³/mol. The van der Waals surface area contributed by atoms with E-state index in [0.29, 0.717) is 22.2 Å². The van der Waals surface area contributed by atoms with E-state index in [1.165, 1.54) is 24.3 Å². The van der Waals surface area contributed by atoms with Crippen LogP contribution in [0.15, 0.2) is 89.6 Å². The Morgan fingerprint density at radius 3 is 2.27 bits per heavy atom. The van der Waals surface area contributed by atoms with E-state index >= 15 is 0 Å². The molecule has 0 saturated carbocycles. The molecule has 0 radical (unpaired) electrons. The summed E-state index contributed by atoms with van der Waals surface area (Å²) in [4.78, 5) is 23.2. The Morgan fingerprint density at radius 1 is 0.900 bits per heavy atom. The van der Waals surface area contributed by atoms with Crippen LogP contribution in [0.4, 0.5) is 11.4 Å². The monoisotopic (exact) mass is 434 g/mol. The maximum Gasteiger partial charge on any atom is 0.258 e. The number of rotatable bonds is 5. The lowest BCUT2D eigenvalue weighted by molar-refractivity contribution is 0.102. The van der Waals surface area contributed by atoms with Gasteiger partial charge in [0.15, 0.2) is 0 Å². The average Bonchev–Trinajstić information content (AvgIpc) is 3.31. The average molecular weight is 434 g/mol. The number of thiophene rings is 1. The molecule has 150 valence electrons. The summed E-state index contributed by atoms with van der Waals surface area (Å²) in [7, 11) is -3.71. The molecule has 0 bridgehead atoms. The molecule has 7 heteroatoms. The highest BCUT2D eigenvalue weighted by Crippen LogP contribution is 2.38. The van der Waals surface area contributed by atoms with Crippen LogP contribution in [-0.4, -0.2) is 10.8 Å². The molecule has 3 aromatic carbocycles. The topological polar surface area (TPSA) is 92.4 Å². The number of carbonyl (C=O) groups excluding carboxylic acids is 1. The smallest absolute Gasteiger partial charge is 0.258 e. The number of carbonyl (C=O) groups is 1. The van der Waals surface area contributed by atoms with Gasteiger partial charge in [-0.2, -0.15) is 11.3 Å². The van der Waals surface area contributed by atoms with Crippen LogP contribution in [0.1, 0.15) is 10.4 Å². The van der Waals surface area contributed by atoms with Crippen molar-refractivity contribution in [1.29, 1.82) is 0 Å². The van der Waals surface area contributed by atoms with Crippen molar-refractivity contribution < 1.29 is 14.3 Å². The van der Waals surface area contributed by atoms with Crippen LogP contribution in [0.3, 0.4) is 0 Å². The van der Waals surface area contributed by atoms with Crippen LogP contribution < -0.4 is 21.7 Å². The summed E-state index contributed by atoms with van der Waals surface area (Å²) < 4.78 is 12.8. The Labute approximate surface area is 178 Å². The van der Waals surface area contributed by atoms with Gasteiger partial charge in [-0.25, -0.2) is 0 Å². The SMILES string of the molecule is Nc1ccc(-c2ccsc2)cc1NC(=O)c1ccc(P(=O)(O)c2ccccc2)cc1. The third kappa shape index (κ3) is 4.07.